The van der Waals surface area contributed by atoms with Crippen LogP contribution in [-0.2, 0) is 5.75 Å². The molecule has 0 aliphatic rings. The first-order chi connectivity index (χ1) is 13.1. The Hall–Kier alpha value is -2.80. The van der Waals surface area contributed by atoms with Gasteiger partial charge in [-0.15, -0.1) is 10.2 Å². The number of hydrogen-bond acceptors (Lipinski definition) is 6. The maximum Gasteiger partial charge on any atom is 0.277 e. The van der Waals surface area contributed by atoms with Gasteiger partial charge in [-0.1, -0.05) is 36.0 Å². The Balaban J connectivity index is 1.66. The molecule has 0 saturated heterocycles. The summed E-state index contributed by atoms with van der Waals surface area (Å²) in [7, 11) is 3.48. The largest absolute Gasteiger partial charge is 0.493 e. The third-order valence-electron chi connectivity index (χ3n) is 3.79. The Morgan fingerprint density at radius 2 is 1.85 bits per heavy atom. The van der Waals surface area contributed by atoms with Crippen LogP contribution in [0.15, 0.2) is 58.2 Å². The summed E-state index contributed by atoms with van der Waals surface area (Å²) in [6.45, 7) is 2.50. The second kappa shape index (κ2) is 8.73. The Labute approximate surface area is 162 Å². The van der Waals surface area contributed by atoms with Gasteiger partial charge in [0, 0.05) is 25.4 Å². The fraction of sp³-hybridized carbons (Fsp3) is 0.250. The number of benzene rings is 2. The molecule has 0 aliphatic carbocycles. The van der Waals surface area contributed by atoms with Gasteiger partial charge in [0.2, 0.25) is 0 Å². The van der Waals surface area contributed by atoms with Crippen LogP contribution in [0.25, 0.3) is 11.5 Å². The van der Waals surface area contributed by atoms with Gasteiger partial charge in [-0.2, -0.15) is 0 Å². The lowest BCUT2D eigenvalue weighted by Crippen LogP contribution is -2.21. The van der Waals surface area contributed by atoms with E-state index in [2.05, 4.69) is 10.2 Å². The van der Waals surface area contributed by atoms with Crippen molar-refractivity contribution in [3.8, 4) is 17.2 Å². The molecular formula is C20H21N3O3S. The van der Waals surface area contributed by atoms with E-state index in [1.807, 2.05) is 55.5 Å². The molecule has 27 heavy (non-hydrogen) atoms. The molecule has 1 heterocycles. The van der Waals surface area contributed by atoms with E-state index in [9.17, 15) is 4.79 Å². The highest BCUT2D eigenvalue weighted by Gasteiger charge is 2.14. The van der Waals surface area contributed by atoms with Gasteiger partial charge in [-0.3, -0.25) is 4.79 Å². The standard InChI is InChI=1S/C20H21N3O3S/c1-4-25-17-8-6-5-7-16(17)18-21-22-20(26-18)27-13-14-9-11-15(12-10-14)19(24)23(2)3/h5-12H,4,13H2,1-3H3. The third kappa shape index (κ3) is 4.68. The monoisotopic (exact) mass is 383 g/mol. The summed E-state index contributed by atoms with van der Waals surface area (Å²) in [6.07, 6.45) is 0. The van der Waals surface area contributed by atoms with Crippen molar-refractivity contribution in [3.05, 3.63) is 59.7 Å². The van der Waals surface area contributed by atoms with Gasteiger partial charge in [0.15, 0.2) is 0 Å². The van der Waals surface area contributed by atoms with Gasteiger partial charge in [0.1, 0.15) is 5.75 Å². The number of carbonyl (C=O) groups is 1. The first-order valence-corrected chi connectivity index (χ1v) is 9.56. The predicted octanol–water partition coefficient (Wildman–Crippen LogP) is 4.13. The van der Waals surface area contributed by atoms with Gasteiger partial charge in [0.05, 0.1) is 12.2 Å². The van der Waals surface area contributed by atoms with Crippen molar-refractivity contribution in [1.29, 1.82) is 0 Å². The van der Waals surface area contributed by atoms with Crippen molar-refractivity contribution in [2.45, 2.75) is 17.9 Å². The van der Waals surface area contributed by atoms with Crippen LogP contribution in [0.2, 0.25) is 0 Å². The minimum absolute atomic E-state index is 0.0105. The SMILES string of the molecule is CCOc1ccccc1-c1nnc(SCc2ccc(C(=O)N(C)C)cc2)o1. The van der Waals surface area contributed by atoms with E-state index in [4.69, 9.17) is 9.15 Å². The van der Waals surface area contributed by atoms with E-state index in [0.29, 0.717) is 29.0 Å². The van der Waals surface area contributed by atoms with Crippen LogP contribution in [-0.4, -0.2) is 41.7 Å². The Bertz CT molecular complexity index is 907. The molecule has 0 bridgehead atoms. The number of rotatable bonds is 7. The first-order valence-electron chi connectivity index (χ1n) is 8.57. The van der Waals surface area contributed by atoms with Crippen LogP contribution in [0.4, 0.5) is 0 Å². The van der Waals surface area contributed by atoms with E-state index >= 15 is 0 Å². The number of carbonyl (C=O) groups excluding carboxylic acids is 1. The lowest BCUT2D eigenvalue weighted by Gasteiger charge is -2.10. The molecule has 0 saturated carbocycles. The average Bonchev–Trinajstić information content (AvgIpc) is 3.16. The number of ether oxygens (including phenoxy) is 1. The molecule has 6 nitrogen and oxygen atoms in total. The molecule has 3 aromatic rings. The van der Waals surface area contributed by atoms with Crippen LogP contribution in [0.1, 0.15) is 22.8 Å². The summed E-state index contributed by atoms with van der Waals surface area (Å²) in [5, 5.41) is 8.73. The number of thioether (sulfide) groups is 1. The molecule has 3 rings (SSSR count). The summed E-state index contributed by atoms with van der Waals surface area (Å²) in [5.41, 5.74) is 2.52. The van der Waals surface area contributed by atoms with E-state index in [1.165, 1.54) is 11.8 Å². The van der Waals surface area contributed by atoms with Crippen molar-refractivity contribution >= 4 is 17.7 Å². The van der Waals surface area contributed by atoms with E-state index < -0.39 is 0 Å². The highest BCUT2D eigenvalue weighted by Crippen LogP contribution is 2.31. The van der Waals surface area contributed by atoms with E-state index in [-0.39, 0.29) is 5.91 Å². The molecule has 2 aromatic carbocycles. The van der Waals surface area contributed by atoms with Crippen molar-refractivity contribution in [3.63, 3.8) is 0 Å². The molecular weight excluding hydrogens is 362 g/mol. The molecule has 7 heteroatoms. The van der Waals surface area contributed by atoms with Gasteiger partial charge in [-0.05, 0) is 36.8 Å². The second-order valence-electron chi connectivity index (χ2n) is 5.99. The van der Waals surface area contributed by atoms with Crippen molar-refractivity contribution in [1.82, 2.24) is 15.1 Å². The molecule has 0 spiro atoms. The second-order valence-corrected chi connectivity index (χ2v) is 6.91. The van der Waals surface area contributed by atoms with E-state index in [1.54, 1.807) is 19.0 Å². The maximum atomic E-state index is 11.9. The highest BCUT2D eigenvalue weighted by molar-refractivity contribution is 7.98. The molecule has 0 aliphatic heterocycles. The molecule has 0 N–H and O–H groups in total. The fourth-order valence-electron chi connectivity index (χ4n) is 2.45. The van der Waals surface area contributed by atoms with Gasteiger partial charge < -0.3 is 14.1 Å². The molecule has 0 radical (unpaired) electrons. The summed E-state index contributed by atoms with van der Waals surface area (Å²) < 4.78 is 11.4. The Morgan fingerprint density at radius 1 is 1.11 bits per heavy atom. The van der Waals surface area contributed by atoms with Crippen molar-refractivity contribution < 1.29 is 13.9 Å². The van der Waals surface area contributed by atoms with Crippen LogP contribution in [0.3, 0.4) is 0 Å². The minimum atomic E-state index is -0.0105. The smallest absolute Gasteiger partial charge is 0.277 e. The number of amides is 1. The number of hydrogen-bond donors (Lipinski definition) is 0. The maximum absolute atomic E-state index is 11.9. The molecule has 0 fully saturated rings. The Kier molecular flexibility index (Phi) is 6.13. The summed E-state index contributed by atoms with van der Waals surface area (Å²) in [4.78, 5) is 13.5. The van der Waals surface area contributed by atoms with Crippen molar-refractivity contribution in [2.24, 2.45) is 0 Å². The average molecular weight is 383 g/mol. The molecule has 140 valence electrons. The van der Waals surface area contributed by atoms with E-state index in [0.717, 1.165) is 16.9 Å². The topological polar surface area (TPSA) is 68.5 Å². The molecule has 1 aromatic heterocycles. The zero-order valence-electron chi connectivity index (χ0n) is 15.5. The number of para-hydroxylation sites is 1. The number of nitrogens with zero attached hydrogens (tertiary/aromatic N) is 3. The quantitative estimate of drug-likeness (QED) is 0.572. The summed E-state index contributed by atoms with van der Waals surface area (Å²) in [5.74, 6) is 1.82. The Morgan fingerprint density at radius 3 is 2.56 bits per heavy atom. The zero-order chi connectivity index (χ0) is 19.2. The fourth-order valence-corrected chi connectivity index (χ4v) is 3.17. The van der Waals surface area contributed by atoms with Crippen LogP contribution >= 0.6 is 11.8 Å². The van der Waals surface area contributed by atoms with Crippen molar-refractivity contribution in [2.75, 3.05) is 20.7 Å². The molecule has 0 atom stereocenters. The normalized spacial score (nSPS) is 10.6. The van der Waals surface area contributed by atoms with Crippen LogP contribution in [0, 0.1) is 0 Å². The third-order valence-corrected chi connectivity index (χ3v) is 4.68. The van der Waals surface area contributed by atoms with Crippen LogP contribution in [0.5, 0.6) is 5.75 Å². The number of aromatic nitrogens is 2. The van der Waals surface area contributed by atoms with Gasteiger partial charge >= 0.3 is 0 Å². The van der Waals surface area contributed by atoms with Gasteiger partial charge in [-0.25, -0.2) is 0 Å². The molecule has 0 unspecified atom stereocenters. The lowest BCUT2D eigenvalue weighted by atomic mass is 10.1. The lowest BCUT2D eigenvalue weighted by molar-refractivity contribution is 0.0827. The first kappa shape index (κ1) is 19.0. The zero-order valence-corrected chi connectivity index (χ0v) is 16.3. The highest BCUT2D eigenvalue weighted by atomic mass is 32.2. The van der Waals surface area contributed by atoms with Crippen LogP contribution < -0.4 is 4.74 Å². The summed E-state index contributed by atoms with van der Waals surface area (Å²) in [6, 6.07) is 15.1. The molecule has 1 amide bonds. The summed E-state index contributed by atoms with van der Waals surface area (Å²) >= 11 is 1.45. The minimum Gasteiger partial charge on any atom is -0.493 e. The predicted molar refractivity (Wildman–Crippen MR) is 105 cm³/mol. The van der Waals surface area contributed by atoms with Gasteiger partial charge in [0.25, 0.3) is 17.0 Å².